The molecule has 1 aliphatic heterocycles. The second-order valence-corrected chi connectivity index (χ2v) is 7.37. The maximum atomic E-state index is 13.2. The van der Waals surface area contributed by atoms with Gasteiger partial charge < -0.3 is 9.64 Å². The Balaban J connectivity index is 1.56. The van der Waals surface area contributed by atoms with E-state index in [-0.39, 0.29) is 11.3 Å². The number of hydrogen-bond acceptors (Lipinski definition) is 2. The van der Waals surface area contributed by atoms with Crippen LogP contribution in [0.25, 0.3) is 0 Å². The van der Waals surface area contributed by atoms with Crippen LogP contribution < -0.4 is 4.74 Å². The van der Waals surface area contributed by atoms with E-state index in [1.165, 1.54) is 11.1 Å². The molecule has 0 saturated heterocycles. The predicted octanol–water partition coefficient (Wildman–Crippen LogP) is 4.36. The molecule has 0 unspecified atom stereocenters. The topological polar surface area (TPSA) is 29.5 Å². The van der Waals surface area contributed by atoms with Gasteiger partial charge >= 0.3 is 0 Å². The summed E-state index contributed by atoms with van der Waals surface area (Å²) in [5.74, 6) is 1.14. The summed E-state index contributed by atoms with van der Waals surface area (Å²) in [6.07, 6.45) is 2.76. The van der Waals surface area contributed by atoms with Gasteiger partial charge in [0.1, 0.15) is 5.75 Å². The molecule has 1 heterocycles. The molecule has 0 aromatic heterocycles. The highest BCUT2D eigenvalue weighted by molar-refractivity contribution is 6.30. The standard InChI is InChI=1S/C21H22ClNO2/c1-2-25-19-8-3-15-9-12-23(14-16(15)13-19)20(24)21(10-11-21)17-4-6-18(22)7-5-17/h3-8,13H,2,9-12,14H2,1H3. The molecule has 130 valence electrons. The summed E-state index contributed by atoms with van der Waals surface area (Å²) in [6, 6.07) is 14.0. The van der Waals surface area contributed by atoms with Gasteiger partial charge in [-0.3, -0.25) is 4.79 Å². The molecule has 2 aromatic rings. The summed E-state index contributed by atoms with van der Waals surface area (Å²) >= 11 is 6.00. The zero-order valence-corrected chi connectivity index (χ0v) is 15.2. The van der Waals surface area contributed by atoms with Crippen molar-refractivity contribution >= 4 is 17.5 Å². The van der Waals surface area contributed by atoms with Gasteiger partial charge in [-0.25, -0.2) is 0 Å². The molecule has 1 fully saturated rings. The number of nitrogens with zero attached hydrogens (tertiary/aromatic N) is 1. The fourth-order valence-electron chi connectivity index (χ4n) is 3.79. The van der Waals surface area contributed by atoms with Crippen molar-refractivity contribution in [3.63, 3.8) is 0 Å². The van der Waals surface area contributed by atoms with Crippen LogP contribution in [0.3, 0.4) is 0 Å². The molecule has 0 atom stereocenters. The molecule has 25 heavy (non-hydrogen) atoms. The molecule has 0 radical (unpaired) electrons. The number of hydrogen-bond donors (Lipinski definition) is 0. The van der Waals surface area contributed by atoms with Gasteiger partial charge in [0.2, 0.25) is 5.91 Å². The van der Waals surface area contributed by atoms with Crippen LogP contribution in [0.1, 0.15) is 36.5 Å². The minimum Gasteiger partial charge on any atom is -0.494 e. The first-order valence-corrected chi connectivity index (χ1v) is 9.30. The van der Waals surface area contributed by atoms with Crippen molar-refractivity contribution < 1.29 is 9.53 Å². The summed E-state index contributed by atoms with van der Waals surface area (Å²) < 4.78 is 5.61. The highest BCUT2D eigenvalue weighted by Crippen LogP contribution is 2.50. The highest BCUT2D eigenvalue weighted by atomic mass is 35.5. The Morgan fingerprint density at radius 2 is 1.92 bits per heavy atom. The first kappa shape index (κ1) is 16.5. The number of halogens is 1. The van der Waals surface area contributed by atoms with Crippen molar-refractivity contribution in [1.29, 1.82) is 0 Å². The van der Waals surface area contributed by atoms with Crippen molar-refractivity contribution in [2.24, 2.45) is 0 Å². The Morgan fingerprint density at radius 3 is 2.60 bits per heavy atom. The van der Waals surface area contributed by atoms with E-state index >= 15 is 0 Å². The number of fused-ring (bicyclic) bond motifs is 1. The van der Waals surface area contributed by atoms with E-state index in [0.29, 0.717) is 18.2 Å². The molecule has 0 bridgehead atoms. The Bertz CT molecular complexity index is 796. The van der Waals surface area contributed by atoms with Crippen LogP contribution in [-0.4, -0.2) is 24.0 Å². The van der Waals surface area contributed by atoms with Gasteiger partial charge in [-0.1, -0.05) is 29.8 Å². The lowest BCUT2D eigenvalue weighted by atomic mass is 9.92. The third-order valence-corrected chi connectivity index (χ3v) is 5.60. The Labute approximate surface area is 153 Å². The molecule has 1 amide bonds. The summed E-state index contributed by atoms with van der Waals surface area (Å²) in [6.45, 7) is 4.10. The zero-order valence-electron chi connectivity index (χ0n) is 14.4. The van der Waals surface area contributed by atoms with E-state index in [0.717, 1.165) is 37.1 Å². The number of carbonyl (C=O) groups excluding carboxylic acids is 1. The van der Waals surface area contributed by atoms with E-state index < -0.39 is 0 Å². The second-order valence-electron chi connectivity index (χ2n) is 6.93. The van der Waals surface area contributed by atoms with Gasteiger partial charge in [-0.15, -0.1) is 0 Å². The SMILES string of the molecule is CCOc1ccc2c(c1)CN(C(=O)C1(c3ccc(Cl)cc3)CC1)CC2. The van der Waals surface area contributed by atoms with Gasteiger partial charge in [-0.2, -0.15) is 0 Å². The van der Waals surface area contributed by atoms with Gasteiger partial charge in [-0.05, 0) is 67.1 Å². The quantitative estimate of drug-likeness (QED) is 0.815. The summed E-state index contributed by atoms with van der Waals surface area (Å²) in [5.41, 5.74) is 3.29. The summed E-state index contributed by atoms with van der Waals surface area (Å²) in [4.78, 5) is 15.3. The lowest BCUT2D eigenvalue weighted by Gasteiger charge is -2.32. The zero-order chi connectivity index (χ0) is 17.4. The third-order valence-electron chi connectivity index (χ3n) is 5.34. The lowest BCUT2D eigenvalue weighted by molar-refractivity contribution is -0.134. The van der Waals surface area contributed by atoms with Crippen molar-refractivity contribution in [3.05, 3.63) is 64.2 Å². The first-order chi connectivity index (χ1) is 12.1. The Morgan fingerprint density at radius 1 is 1.16 bits per heavy atom. The average molecular weight is 356 g/mol. The number of carbonyl (C=O) groups is 1. The first-order valence-electron chi connectivity index (χ1n) is 8.92. The molecule has 2 aliphatic rings. The Kier molecular flexibility index (Phi) is 4.20. The fourth-order valence-corrected chi connectivity index (χ4v) is 3.91. The number of rotatable bonds is 4. The van der Waals surface area contributed by atoms with E-state index in [2.05, 4.69) is 12.1 Å². The van der Waals surface area contributed by atoms with E-state index in [1.807, 2.05) is 42.2 Å². The average Bonchev–Trinajstić information content (AvgIpc) is 3.43. The summed E-state index contributed by atoms with van der Waals surface area (Å²) in [5, 5.41) is 0.711. The van der Waals surface area contributed by atoms with Crippen LogP contribution in [0, 0.1) is 0 Å². The molecule has 2 aromatic carbocycles. The van der Waals surface area contributed by atoms with E-state index in [1.54, 1.807) is 0 Å². The fraction of sp³-hybridized carbons (Fsp3) is 0.381. The van der Waals surface area contributed by atoms with Gasteiger partial charge in [0.25, 0.3) is 0 Å². The minimum absolute atomic E-state index is 0.252. The van der Waals surface area contributed by atoms with E-state index in [4.69, 9.17) is 16.3 Å². The molecular formula is C21H22ClNO2. The maximum absolute atomic E-state index is 13.2. The van der Waals surface area contributed by atoms with Gasteiger partial charge in [0.05, 0.1) is 12.0 Å². The molecular weight excluding hydrogens is 334 g/mol. The number of ether oxygens (including phenoxy) is 1. The molecule has 4 heteroatoms. The van der Waals surface area contributed by atoms with Crippen LogP contribution in [0.15, 0.2) is 42.5 Å². The molecule has 3 nitrogen and oxygen atoms in total. The normalized spacial score (nSPS) is 17.8. The molecule has 1 saturated carbocycles. The lowest BCUT2D eigenvalue weighted by Crippen LogP contribution is -2.42. The second kappa shape index (κ2) is 6.38. The van der Waals surface area contributed by atoms with Crippen molar-refractivity contribution in [3.8, 4) is 5.75 Å². The van der Waals surface area contributed by atoms with Gasteiger partial charge in [0, 0.05) is 18.1 Å². The van der Waals surface area contributed by atoms with Crippen LogP contribution in [-0.2, 0) is 23.2 Å². The van der Waals surface area contributed by atoms with Crippen LogP contribution in [0.5, 0.6) is 5.75 Å². The van der Waals surface area contributed by atoms with Gasteiger partial charge in [0.15, 0.2) is 0 Å². The van der Waals surface area contributed by atoms with Crippen molar-refractivity contribution in [2.75, 3.05) is 13.2 Å². The maximum Gasteiger partial charge on any atom is 0.233 e. The molecule has 0 N–H and O–H groups in total. The monoisotopic (exact) mass is 355 g/mol. The van der Waals surface area contributed by atoms with Crippen LogP contribution >= 0.6 is 11.6 Å². The number of amides is 1. The summed E-state index contributed by atoms with van der Waals surface area (Å²) in [7, 11) is 0. The largest absolute Gasteiger partial charge is 0.494 e. The predicted molar refractivity (Wildman–Crippen MR) is 99.1 cm³/mol. The number of benzene rings is 2. The van der Waals surface area contributed by atoms with E-state index in [9.17, 15) is 4.79 Å². The van der Waals surface area contributed by atoms with Crippen molar-refractivity contribution in [1.82, 2.24) is 4.90 Å². The van der Waals surface area contributed by atoms with Crippen molar-refractivity contribution in [2.45, 2.75) is 38.1 Å². The smallest absolute Gasteiger partial charge is 0.233 e. The Hall–Kier alpha value is -2.00. The van der Waals surface area contributed by atoms with Crippen LogP contribution in [0.2, 0.25) is 5.02 Å². The van der Waals surface area contributed by atoms with Crippen LogP contribution in [0.4, 0.5) is 0 Å². The molecule has 4 rings (SSSR count). The highest BCUT2D eigenvalue weighted by Gasteiger charge is 2.53. The third kappa shape index (κ3) is 3.02. The minimum atomic E-state index is -0.334. The molecule has 0 spiro atoms. The molecule has 1 aliphatic carbocycles.